The molecular formula is C12H26N2O2S. The van der Waals surface area contributed by atoms with Gasteiger partial charge in [-0.2, -0.15) is 0 Å². The SMILES string of the molecule is CCC(CN)S(=O)(=O)NCCCC1CCCC1. The third-order valence-electron chi connectivity index (χ3n) is 3.72. The average Bonchev–Trinajstić information content (AvgIpc) is 2.78. The summed E-state index contributed by atoms with van der Waals surface area (Å²) < 4.78 is 26.3. The topological polar surface area (TPSA) is 72.2 Å². The van der Waals surface area contributed by atoms with Gasteiger partial charge in [-0.05, 0) is 25.2 Å². The molecule has 0 aliphatic heterocycles. The summed E-state index contributed by atoms with van der Waals surface area (Å²) in [6.45, 7) is 2.62. The van der Waals surface area contributed by atoms with Gasteiger partial charge in [0.15, 0.2) is 0 Å². The number of sulfonamides is 1. The van der Waals surface area contributed by atoms with Crippen molar-refractivity contribution in [2.75, 3.05) is 13.1 Å². The van der Waals surface area contributed by atoms with Crippen LogP contribution < -0.4 is 10.5 Å². The highest BCUT2D eigenvalue weighted by Gasteiger charge is 2.21. The Hall–Kier alpha value is -0.130. The molecule has 0 aromatic carbocycles. The minimum atomic E-state index is -3.19. The normalized spacial score (nSPS) is 19.6. The Bertz CT molecular complexity index is 294. The molecule has 0 amide bonds. The van der Waals surface area contributed by atoms with Crippen LogP contribution in [0.15, 0.2) is 0 Å². The molecule has 1 fully saturated rings. The monoisotopic (exact) mass is 262 g/mol. The van der Waals surface area contributed by atoms with Gasteiger partial charge in [-0.1, -0.05) is 32.6 Å². The molecule has 5 heteroatoms. The standard InChI is InChI=1S/C12H26N2O2S/c1-2-12(10-13)17(15,16)14-9-5-8-11-6-3-4-7-11/h11-12,14H,2-10,13H2,1H3. The highest BCUT2D eigenvalue weighted by Crippen LogP contribution is 2.28. The highest BCUT2D eigenvalue weighted by molar-refractivity contribution is 7.90. The van der Waals surface area contributed by atoms with E-state index in [9.17, 15) is 8.42 Å². The van der Waals surface area contributed by atoms with Gasteiger partial charge >= 0.3 is 0 Å². The van der Waals surface area contributed by atoms with Crippen molar-refractivity contribution in [2.45, 2.75) is 57.1 Å². The van der Waals surface area contributed by atoms with Crippen LogP contribution in [0.4, 0.5) is 0 Å². The molecule has 1 atom stereocenters. The van der Waals surface area contributed by atoms with E-state index in [0.717, 1.165) is 18.8 Å². The Kier molecular flexibility index (Phi) is 6.44. The fourth-order valence-corrected chi connectivity index (χ4v) is 3.89. The molecule has 0 bridgehead atoms. The predicted molar refractivity (Wildman–Crippen MR) is 71.2 cm³/mol. The quantitative estimate of drug-likeness (QED) is 0.653. The molecule has 3 N–H and O–H groups in total. The zero-order chi connectivity index (χ0) is 12.7. The molecular weight excluding hydrogens is 236 g/mol. The molecule has 0 aromatic rings. The summed E-state index contributed by atoms with van der Waals surface area (Å²) in [6.07, 6.45) is 8.03. The molecule has 0 radical (unpaired) electrons. The van der Waals surface area contributed by atoms with Gasteiger partial charge in [-0.15, -0.1) is 0 Å². The van der Waals surface area contributed by atoms with Gasteiger partial charge in [0.2, 0.25) is 10.0 Å². The molecule has 0 spiro atoms. The summed E-state index contributed by atoms with van der Waals surface area (Å²) >= 11 is 0. The minimum Gasteiger partial charge on any atom is -0.329 e. The van der Waals surface area contributed by atoms with E-state index in [0.29, 0.717) is 13.0 Å². The molecule has 0 aromatic heterocycles. The third kappa shape index (κ3) is 4.94. The summed E-state index contributed by atoms with van der Waals surface area (Å²) in [4.78, 5) is 0. The number of nitrogens with two attached hydrogens (primary N) is 1. The summed E-state index contributed by atoms with van der Waals surface area (Å²) in [5.74, 6) is 0.830. The Morgan fingerprint density at radius 3 is 2.53 bits per heavy atom. The summed E-state index contributed by atoms with van der Waals surface area (Å²) in [5.41, 5.74) is 5.45. The number of nitrogens with one attached hydrogen (secondary N) is 1. The highest BCUT2D eigenvalue weighted by atomic mass is 32.2. The lowest BCUT2D eigenvalue weighted by Gasteiger charge is -2.15. The van der Waals surface area contributed by atoms with Crippen LogP contribution >= 0.6 is 0 Å². The second-order valence-corrected chi connectivity index (χ2v) is 7.04. The van der Waals surface area contributed by atoms with Crippen LogP contribution in [0.1, 0.15) is 51.9 Å². The average molecular weight is 262 g/mol. The first-order chi connectivity index (χ1) is 8.10. The van der Waals surface area contributed by atoms with E-state index in [2.05, 4.69) is 4.72 Å². The van der Waals surface area contributed by atoms with Crippen molar-refractivity contribution in [3.63, 3.8) is 0 Å². The second kappa shape index (κ2) is 7.34. The summed E-state index contributed by atoms with van der Waals surface area (Å²) in [5, 5.41) is -0.436. The number of hydrogen-bond acceptors (Lipinski definition) is 3. The molecule has 1 rings (SSSR count). The second-order valence-electron chi connectivity index (χ2n) is 5.00. The molecule has 17 heavy (non-hydrogen) atoms. The molecule has 1 aliphatic carbocycles. The first-order valence-electron chi connectivity index (χ1n) is 6.78. The first kappa shape index (κ1) is 14.9. The van der Waals surface area contributed by atoms with Crippen LogP contribution in [0.25, 0.3) is 0 Å². The van der Waals surface area contributed by atoms with Crippen molar-refractivity contribution in [1.29, 1.82) is 0 Å². The van der Waals surface area contributed by atoms with Gasteiger partial charge in [0.25, 0.3) is 0 Å². The van der Waals surface area contributed by atoms with Crippen LogP contribution in [0.5, 0.6) is 0 Å². The molecule has 0 heterocycles. The molecule has 4 nitrogen and oxygen atoms in total. The van der Waals surface area contributed by atoms with Crippen LogP contribution in [0, 0.1) is 5.92 Å². The lowest BCUT2D eigenvalue weighted by molar-refractivity contribution is 0.479. The maximum absolute atomic E-state index is 11.8. The predicted octanol–water partition coefficient (Wildman–Crippen LogP) is 1.61. The van der Waals surface area contributed by atoms with Crippen LogP contribution in [-0.4, -0.2) is 26.8 Å². The molecule has 0 saturated heterocycles. The van der Waals surface area contributed by atoms with Crippen molar-refractivity contribution >= 4 is 10.0 Å². The third-order valence-corrected chi connectivity index (χ3v) is 5.73. The lowest BCUT2D eigenvalue weighted by atomic mass is 10.0. The van der Waals surface area contributed by atoms with Crippen LogP contribution in [0.3, 0.4) is 0 Å². The van der Waals surface area contributed by atoms with E-state index in [-0.39, 0.29) is 6.54 Å². The fourth-order valence-electron chi connectivity index (χ4n) is 2.53. The number of rotatable bonds is 8. The Morgan fingerprint density at radius 2 is 2.00 bits per heavy atom. The van der Waals surface area contributed by atoms with E-state index < -0.39 is 15.3 Å². The van der Waals surface area contributed by atoms with E-state index in [4.69, 9.17) is 5.73 Å². The van der Waals surface area contributed by atoms with Crippen molar-refractivity contribution < 1.29 is 8.42 Å². The smallest absolute Gasteiger partial charge is 0.215 e. The molecule has 1 aliphatic rings. The maximum Gasteiger partial charge on any atom is 0.215 e. The van der Waals surface area contributed by atoms with Gasteiger partial charge in [0, 0.05) is 13.1 Å². The zero-order valence-corrected chi connectivity index (χ0v) is 11.6. The molecule has 1 saturated carbocycles. The van der Waals surface area contributed by atoms with E-state index in [1.54, 1.807) is 0 Å². The van der Waals surface area contributed by atoms with E-state index in [1.807, 2.05) is 6.92 Å². The Morgan fingerprint density at radius 1 is 1.35 bits per heavy atom. The van der Waals surface area contributed by atoms with Crippen molar-refractivity contribution in [3.8, 4) is 0 Å². The Balaban J connectivity index is 2.20. The van der Waals surface area contributed by atoms with Gasteiger partial charge in [-0.3, -0.25) is 0 Å². The fraction of sp³-hybridized carbons (Fsp3) is 1.00. The maximum atomic E-state index is 11.8. The lowest BCUT2D eigenvalue weighted by Crippen LogP contribution is -2.39. The first-order valence-corrected chi connectivity index (χ1v) is 8.33. The van der Waals surface area contributed by atoms with Crippen LogP contribution in [-0.2, 0) is 10.0 Å². The summed E-state index contributed by atoms with van der Waals surface area (Å²) in [7, 11) is -3.19. The number of hydrogen-bond donors (Lipinski definition) is 2. The Labute approximate surface area is 105 Å². The van der Waals surface area contributed by atoms with Crippen molar-refractivity contribution in [3.05, 3.63) is 0 Å². The zero-order valence-electron chi connectivity index (χ0n) is 10.8. The van der Waals surface area contributed by atoms with Crippen molar-refractivity contribution in [2.24, 2.45) is 11.7 Å². The van der Waals surface area contributed by atoms with Gasteiger partial charge in [0.05, 0.1) is 5.25 Å². The summed E-state index contributed by atoms with van der Waals surface area (Å²) in [6, 6.07) is 0. The minimum absolute atomic E-state index is 0.203. The van der Waals surface area contributed by atoms with Gasteiger partial charge in [-0.25, -0.2) is 13.1 Å². The largest absolute Gasteiger partial charge is 0.329 e. The van der Waals surface area contributed by atoms with Gasteiger partial charge in [0.1, 0.15) is 0 Å². The van der Waals surface area contributed by atoms with Gasteiger partial charge < -0.3 is 5.73 Å². The molecule has 102 valence electrons. The van der Waals surface area contributed by atoms with Crippen LogP contribution in [0.2, 0.25) is 0 Å². The van der Waals surface area contributed by atoms with E-state index >= 15 is 0 Å². The molecule has 1 unspecified atom stereocenters. The van der Waals surface area contributed by atoms with E-state index in [1.165, 1.54) is 25.7 Å². The van der Waals surface area contributed by atoms with Crippen molar-refractivity contribution in [1.82, 2.24) is 4.72 Å².